The summed E-state index contributed by atoms with van der Waals surface area (Å²) >= 11 is 0. The fourth-order valence-electron chi connectivity index (χ4n) is 4.01. The Balaban J connectivity index is 1.47. The number of piperazine rings is 1. The Bertz CT molecular complexity index is 1100. The molecule has 2 aliphatic heterocycles. The highest BCUT2D eigenvalue weighted by Gasteiger charge is 2.32. The van der Waals surface area contributed by atoms with Crippen LogP contribution in [0.4, 0.5) is 16.2 Å². The lowest BCUT2D eigenvalue weighted by Crippen LogP contribution is -2.46. The highest BCUT2D eigenvalue weighted by molar-refractivity contribution is 5.90. The van der Waals surface area contributed by atoms with Crippen molar-refractivity contribution in [1.82, 2.24) is 10.2 Å². The molecule has 9 nitrogen and oxygen atoms in total. The fraction of sp³-hybridized carbons (Fsp3) is 0.333. The second-order valence-corrected chi connectivity index (χ2v) is 8.10. The molecule has 2 saturated heterocycles. The van der Waals surface area contributed by atoms with Crippen LogP contribution in [0.5, 0.6) is 0 Å². The first kappa shape index (κ1) is 22.3. The van der Waals surface area contributed by atoms with Gasteiger partial charge in [0.1, 0.15) is 6.10 Å². The first-order valence-corrected chi connectivity index (χ1v) is 10.9. The maximum absolute atomic E-state index is 12.6. The third-order valence-corrected chi connectivity index (χ3v) is 5.86. The Labute approximate surface area is 191 Å². The van der Waals surface area contributed by atoms with Crippen molar-refractivity contribution in [2.75, 3.05) is 49.1 Å². The Kier molecular flexibility index (Phi) is 6.58. The van der Waals surface area contributed by atoms with E-state index in [-0.39, 0.29) is 17.9 Å². The molecule has 2 heterocycles. The van der Waals surface area contributed by atoms with Gasteiger partial charge in [0.25, 0.3) is 0 Å². The quantitative estimate of drug-likeness (QED) is 0.669. The molecule has 2 aromatic carbocycles. The van der Waals surface area contributed by atoms with Crippen molar-refractivity contribution >= 4 is 29.8 Å². The molecule has 2 aromatic rings. The number of carbonyl (C=O) groups excluding carboxylic acids is 3. The number of nitrogens with zero attached hydrogens (tertiary/aromatic N) is 3. The predicted molar refractivity (Wildman–Crippen MR) is 124 cm³/mol. The average molecular weight is 450 g/mol. The molecule has 1 unspecified atom stereocenters. The molecule has 0 bridgehead atoms. The summed E-state index contributed by atoms with van der Waals surface area (Å²) in [6.07, 6.45) is 0.00353. The Morgan fingerprint density at radius 1 is 1.00 bits per heavy atom. The normalized spacial score (nSPS) is 18.2. The lowest BCUT2D eigenvalue weighted by molar-refractivity contribution is -0.119. The number of amides is 3. The molecule has 33 heavy (non-hydrogen) atoms. The maximum Gasteiger partial charge on any atom is 0.414 e. The first-order valence-electron chi connectivity index (χ1n) is 10.9. The molecule has 0 saturated carbocycles. The summed E-state index contributed by atoms with van der Waals surface area (Å²) in [5.41, 5.74) is 3.04. The molecule has 4 rings (SSSR count). The number of cyclic esters (lactones) is 1. The number of rotatable bonds is 6. The van der Waals surface area contributed by atoms with Crippen molar-refractivity contribution in [2.45, 2.75) is 13.0 Å². The molecule has 2 aliphatic rings. The standard InChI is InChI=1S/C24H26N4O5/c1-17(30)25-14-21-15-28(24(32)33-21)20-6-2-18(3-7-20)19-4-8-22(23(31)9-5-19)27-12-10-26(16-29)11-13-27/h2-9,16,21H,10-15H2,1H3,(H,25,30). The van der Waals surface area contributed by atoms with Gasteiger partial charge in [0.15, 0.2) is 0 Å². The number of hydrogen-bond acceptors (Lipinski definition) is 6. The fourth-order valence-corrected chi connectivity index (χ4v) is 4.01. The zero-order chi connectivity index (χ0) is 23.4. The monoisotopic (exact) mass is 450 g/mol. The van der Waals surface area contributed by atoms with Gasteiger partial charge in [-0.15, -0.1) is 0 Å². The van der Waals surface area contributed by atoms with E-state index >= 15 is 0 Å². The summed E-state index contributed by atoms with van der Waals surface area (Å²) in [6.45, 7) is 4.50. The van der Waals surface area contributed by atoms with Gasteiger partial charge in [-0.05, 0) is 35.4 Å². The third-order valence-electron chi connectivity index (χ3n) is 5.86. The minimum atomic E-state index is -0.445. The molecule has 3 amide bonds. The van der Waals surface area contributed by atoms with Crippen LogP contribution in [0.25, 0.3) is 11.1 Å². The summed E-state index contributed by atoms with van der Waals surface area (Å²) in [7, 11) is 0. The summed E-state index contributed by atoms with van der Waals surface area (Å²) in [5.74, 6) is -0.169. The molecule has 0 aromatic heterocycles. The van der Waals surface area contributed by atoms with Gasteiger partial charge in [0, 0.05) is 38.8 Å². The van der Waals surface area contributed by atoms with Crippen LogP contribution in [-0.2, 0) is 14.3 Å². The molecule has 1 N–H and O–H groups in total. The second-order valence-electron chi connectivity index (χ2n) is 8.10. The zero-order valence-electron chi connectivity index (χ0n) is 18.4. The SMILES string of the molecule is CC(=O)NCC1CN(c2ccc(-c3ccc(N4CCN(C=O)CC4)c(=O)cc3)cc2)C(=O)O1. The Morgan fingerprint density at radius 3 is 2.27 bits per heavy atom. The highest BCUT2D eigenvalue weighted by Crippen LogP contribution is 2.26. The summed E-state index contributed by atoms with van der Waals surface area (Å²) in [6, 6.07) is 14.5. The first-order chi connectivity index (χ1) is 15.9. The van der Waals surface area contributed by atoms with Crippen molar-refractivity contribution in [1.29, 1.82) is 0 Å². The number of anilines is 2. The average Bonchev–Trinajstić information content (AvgIpc) is 3.09. The summed E-state index contributed by atoms with van der Waals surface area (Å²) < 4.78 is 5.31. The predicted octanol–water partition coefficient (Wildman–Crippen LogP) is 1.45. The second kappa shape index (κ2) is 9.72. The lowest BCUT2D eigenvalue weighted by Gasteiger charge is -2.33. The van der Waals surface area contributed by atoms with E-state index in [1.54, 1.807) is 17.0 Å². The molecule has 0 radical (unpaired) electrons. The largest absolute Gasteiger partial charge is 0.442 e. The van der Waals surface area contributed by atoms with Crippen LogP contribution >= 0.6 is 0 Å². The van der Waals surface area contributed by atoms with Gasteiger partial charge in [0.2, 0.25) is 17.7 Å². The van der Waals surface area contributed by atoms with Gasteiger partial charge in [-0.2, -0.15) is 0 Å². The molecular weight excluding hydrogens is 424 g/mol. The van der Waals surface area contributed by atoms with Gasteiger partial charge in [-0.25, -0.2) is 4.79 Å². The molecule has 0 aliphatic carbocycles. The maximum atomic E-state index is 12.6. The van der Waals surface area contributed by atoms with Crippen molar-refractivity contribution in [3.05, 3.63) is 58.8 Å². The van der Waals surface area contributed by atoms with Gasteiger partial charge in [-0.3, -0.25) is 19.3 Å². The van der Waals surface area contributed by atoms with Crippen molar-refractivity contribution in [2.24, 2.45) is 0 Å². The Hall–Kier alpha value is -3.88. The van der Waals surface area contributed by atoms with Gasteiger partial charge >= 0.3 is 6.09 Å². The molecular formula is C24H26N4O5. The van der Waals surface area contributed by atoms with E-state index in [0.717, 1.165) is 17.5 Å². The molecule has 1 atom stereocenters. The summed E-state index contributed by atoms with van der Waals surface area (Å²) in [5, 5.41) is 2.66. The van der Waals surface area contributed by atoms with Crippen molar-refractivity contribution in [3.8, 4) is 11.1 Å². The third kappa shape index (κ3) is 5.14. The summed E-state index contributed by atoms with van der Waals surface area (Å²) in [4.78, 5) is 52.1. The van der Waals surface area contributed by atoms with Gasteiger partial charge in [-0.1, -0.05) is 24.3 Å². The zero-order valence-corrected chi connectivity index (χ0v) is 18.4. The minimum absolute atomic E-state index is 0.0672. The van der Waals surface area contributed by atoms with E-state index in [0.29, 0.717) is 44.1 Å². The lowest BCUT2D eigenvalue weighted by atomic mass is 10.1. The van der Waals surface area contributed by atoms with E-state index in [2.05, 4.69) is 5.32 Å². The number of carbonyl (C=O) groups is 3. The molecule has 0 spiro atoms. The van der Waals surface area contributed by atoms with Crippen LogP contribution in [0.1, 0.15) is 6.92 Å². The minimum Gasteiger partial charge on any atom is -0.442 e. The molecule has 172 valence electrons. The number of ether oxygens (including phenoxy) is 1. The Morgan fingerprint density at radius 2 is 1.64 bits per heavy atom. The topological polar surface area (TPSA) is 99.3 Å². The van der Waals surface area contributed by atoms with Crippen LogP contribution < -0.4 is 20.5 Å². The van der Waals surface area contributed by atoms with E-state index in [4.69, 9.17) is 4.74 Å². The van der Waals surface area contributed by atoms with Crippen molar-refractivity contribution in [3.63, 3.8) is 0 Å². The molecule has 2 fully saturated rings. The van der Waals surface area contributed by atoms with Crippen LogP contribution in [0.3, 0.4) is 0 Å². The van der Waals surface area contributed by atoms with Crippen LogP contribution in [0, 0.1) is 0 Å². The van der Waals surface area contributed by atoms with Crippen LogP contribution in [0.2, 0.25) is 0 Å². The van der Waals surface area contributed by atoms with E-state index in [1.807, 2.05) is 41.3 Å². The number of hydrogen-bond donors (Lipinski definition) is 1. The van der Waals surface area contributed by atoms with Crippen LogP contribution in [-0.4, -0.2) is 68.7 Å². The number of nitrogens with one attached hydrogen (secondary N) is 1. The van der Waals surface area contributed by atoms with E-state index < -0.39 is 12.2 Å². The van der Waals surface area contributed by atoms with E-state index in [9.17, 15) is 19.2 Å². The molecule has 9 heteroatoms. The van der Waals surface area contributed by atoms with Gasteiger partial charge in [0.05, 0.1) is 18.8 Å². The van der Waals surface area contributed by atoms with E-state index in [1.165, 1.54) is 11.8 Å². The van der Waals surface area contributed by atoms with Crippen LogP contribution in [0.15, 0.2) is 53.3 Å². The van der Waals surface area contributed by atoms with Gasteiger partial charge < -0.3 is 19.9 Å². The highest BCUT2D eigenvalue weighted by atomic mass is 16.6. The van der Waals surface area contributed by atoms with Crippen molar-refractivity contribution < 1.29 is 19.1 Å². The smallest absolute Gasteiger partial charge is 0.414 e. The number of benzene rings is 1.